The maximum atomic E-state index is 13.2. The fourth-order valence-corrected chi connectivity index (χ4v) is 5.63. The zero-order valence-corrected chi connectivity index (χ0v) is 24.4. The van der Waals surface area contributed by atoms with Gasteiger partial charge in [-0.15, -0.1) is 0 Å². The Morgan fingerprint density at radius 3 is 1.15 bits per heavy atom. The molecule has 34 heavy (non-hydrogen) atoms. The Balaban J connectivity index is 3.93. The monoisotopic (exact) mass is 500 g/mol. The summed E-state index contributed by atoms with van der Waals surface area (Å²) < 4.78 is 24.8. The van der Waals surface area contributed by atoms with Crippen LogP contribution in [-0.4, -0.2) is 13.2 Å². The molecule has 0 radical (unpaired) electrons. The predicted molar refractivity (Wildman–Crippen MR) is 152 cm³/mol. The molecule has 0 saturated carbocycles. The molecule has 0 N–H and O–H groups in total. The van der Waals surface area contributed by atoms with E-state index in [2.05, 4.69) is 20.8 Å². The third kappa shape index (κ3) is 25.0. The maximum absolute atomic E-state index is 13.2. The normalized spacial score (nSPS) is 12.2. The Hall–Kier alpha value is -0.110. The van der Waals surface area contributed by atoms with Gasteiger partial charge in [0.25, 0.3) is 0 Å². The van der Waals surface area contributed by atoms with Crippen LogP contribution < -0.4 is 0 Å². The van der Waals surface area contributed by atoms with Crippen molar-refractivity contribution in [1.29, 1.82) is 0 Å². The van der Waals surface area contributed by atoms with Crippen molar-refractivity contribution in [1.82, 2.24) is 0 Å². The van der Waals surface area contributed by atoms with Gasteiger partial charge in [0.15, 0.2) is 0 Å². The van der Waals surface area contributed by atoms with Crippen molar-refractivity contribution in [3.05, 3.63) is 11.9 Å². The molecule has 0 unspecified atom stereocenters. The lowest BCUT2D eigenvalue weighted by molar-refractivity contribution is 0.205. The van der Waals surface area contributed by atoms with Crippen molar-refractivity contribution in [2.75, 3.05) is 13.2 Å². The quantitative estimate of drug-likeness (QED) is 0.0791. The van der Waals surface area contributed by atoms with E-state index in [1.54, 1.807) is 5.82 Å². The molecule has 0 fully saturated rings. The summed E-state index contributed by atoms with van der Waals surface area (Å²) in [6, 6.07) is 0. The topological polar surface area (TPSA) is 35.5 Å². The van der Waals surface area contributed by atoms with Gasteiger partial charge >= 0.3 is 7.60 Å². The summed E-state index contributed by atoms with van der Waals surface area (Å²) in [5.41, 5.74) is 0. The molecule has 0 rings (SSSR count). The summed E-state index contributed by atoms with van der Waals surface area (Å²) in [4.78, 5) is 0. The van der Waals surface area contributed by atoms with Crippen molar-refractivity contribution < 1.29 is 13.6 Å². The third-order valence-corrected chi connectivity index (χ3v) is 8.21. The van der Waals surface area contributed by atoms with Crippen molar-refractivity contribution in [2.24, 2.45) is 0 Å². The first kappa shape index (κ1) is 33.9. The largest absolute Gasteiger partial charge is 0.353 e. The van der Waals surface area contributed by atoms with Gasteiger partial charge in [0.2, 0.25) is 0 Å². The molecule has 0 aromatic heterocycles. The van der Waals surface area contributed by atoms with E-state index in [1.165, 1.54) is 103 Å². The van der Waals surface area contributed by atoms with E-state index in [0.29, 0.717) is 13.2 Å². The number of allylic oxidation sites excluding steroid dienone is 1. The molecule has 3 nitrogen and oxygen atoms in total. The molecule has 204 valence electrons. The summed E-state index contributed by atoms with van der Waals surface area (Å²) >= 11 is 0. The predicted octanol–water partition coefficient (Wildman–Crippen LogP) is 11.8. The second-order valence-corrected chi connectivity index (χ2v) is 12.0. The highest BCUT2D eigenvalue weighted by Gasteiger charge is 2.20. The van der Waals surface area contributed by atoms with Crippen LogP contribution in [-0.2, 0) is 13.6 Å². The second kappa shape index (κ2) is 27.5. The number of unbranched alkanes of at least 4 members (excludes halogenated alkanes) is 20. The Labute approximate surface area is 214 Å². The molecule has 0 atom stereocenters. The van der Waals surface area contributed by atoms with Gasteiger partial charge in [-0.1, -0.05) is 155 Å². The highest BCUT2D eigenvalue weighted by atomic mass is 31.2. The van der Waals surface area contributed by atoms with Gasteiger partial charge in [-0.05, 0) is 19.3 Å². The van der Waals surface area contributed by atoms with Crippen molar-refractivity contribution >= 4 is 7.60 Å². The number of hydrogen-bond acceptors (Lipinski definition) is 3. The summed E-state index contributed by atoms with van der Waals surface area (Å²) in [5, 5.41) is 0. The Morgan fingerprint density at radius 1 is 0.471 bits per heavy atom. The lowest BCUT2D eigenvalue weighted by Gasteiger charge is -2.15. The molecule has 0 spiro atoms. The first-order valence-corrected chi connectivity index (χ1v) is 16.9. The van der Waals surface area contributed by atoms with Crippen LogP contribution in [0.5, 0.6) is 0 Å². The van der Waals surface area contributed by atoms with Crippen molar-refractivity contribution in [3.8, 4) is 0 Å². The first-order valence-electron chi connectivity index (χ1n) is 15.2. The highest BCUT2D eigenvalue weighted by molar-refractivity contribution is 7.57. The highest BCUT2D eigenvalue weighted by Crippen LogP contribution is 2.50. The number of rotatable bonds is 28. The molecule has 4 heteroatoms. The second-order valence-electron chi connectivity index (χ2n) is 10.1. The van der Waals surface area contributed by atoms with Gasteiger partial charge in [-0.2, -0.15) is 0 Å². The standard InChI is InChI=1S/C30H61O3P/c1-4-7-10-13-15-17-19-21-23-25-28-32-34(31,30-27-12-9-6-3)33-29-26-24-22-20-18-16-14-11-8-5-2/h27,30H,4-26,28-29H2,1-3H3/b30-27+. The van der Waals surface area contributed by atoms with Crippen LogP contribution in [0.2, 0.25) is 0 Å². The van der Waals surface area contributed by atoms with Crippen LogP contribution in [0.15, 0.2) is 11.9 Å². The van der Waals surface area contributed by atoms with Crippen molar-refractivity contribution in [3.63, 3.8) is 0 Å². The van der Waals surface area contributed by atoms with Gasteiger partial charge in [0.1, 0.15) is 0 Å². The van der Waals surface area contributed by atoms with E-state index >= 15 is 0 Å². The first-order chi connectivity index (χ1) is 16.7. The van der Waals surface area contributed by atoms with Crippen LogP contribution in [0.1, 0.15) is 168 Å². The van der Waals surface area contributed by atoms with Gasteiger partial charge in [0, 0.05) is 5.82 Å². The molecule has 0 aromatic rings. The zero-order chi connectivity index (χ0) is 25.0. The smallest absolute Gasteiger partial charge is 0.306 e. The zero-order valence-electron chi connectivity index (χ0n) is 23.5. The summed E-state index contributed by atoms with van der Waals surface area (Å²) in [5.74, 6) is 1.73. The SMILES string of the molecule is CCCC/C=C/P(=O)(OCCCCCCCCCCCC)OCCCCCCCCCCCC. The minimum absolute atomic E-state index is 0.546. The average Bonchev–Trinajstić information content (AvgIpc) is 2.84. The van der Waals surface area contributed by atoms with Crippen LogP contribution in [0.3, 0.4) is 0 Å². The van der Waals surface area contributed by atoms with Crippen LogP contribution >= 0.6 is 7.60 Å². The van der Waals surface area contributed by atoms with Crippen LogP contribution in [0, 0.1) is 0 Å². The molecule has 0 aromatic carbocycles. The van der Waals surface area contributed by atoms with E-state index in [4.69, 9.17) is 9.05 Å². The summed E-state index contributed by atoms with van der Waals surface area (Å²) in [6.07, 6.45) is 31.1. The molecular formula is C30H61O3P. The maximum Gasteiger partial charge on any atom is 0.353 e. The third-order valence-electron chi connectivity index (χ3n) is 6.55. The fourth-order valence-electron chi connectivity index (χ4n) is 4.21. The minimum atomic E-state index is -3.09. The van der Waals surface area contributed by atoms with Crippen molar-refractivity contribution in [2.45, 2.75) is 168 Å². The molecular weight excluding hydrogens is 439 g/mol. The Kier molecular flexibility index (Phi) is 27.4. The molecule has 0 aliphatic heterocycles. The van der Waals surface area contributed by atoms with Gasteiger partial charge in [-0.3, -0.25) is 4.57 Å². The molecule has 0 aliphatic carbocycles. The summed E-state index contributed by atoms with van der Waals surface area (Å²) in [6.45, 7) is 7.81. The molecule has 0 bridgehead atoms. The van der Waals surface area contributed by atoms with Gasteiger partial charge in [0.05, 0.1) is 13.2 Å². The lowest BCUT2D eigenvalue weighted by Crippen LogP contribution is -1.98. The molecule has 0 saturated heterocycles. The lowest BCUT2D eigenvalue weighted by atomic mass is 10.1. The van der Waals surface area contributed by atoms with E-state index < -0.39 is 7.60 Å². The van der Waals surface area contributed by atoms with Gasteiger partial charge in [-0.25, -0.2) is 0 Å². The van der Waals surface area contributed by atoms with E-state index in [0.717, 1.165) is 44.9 Å². The van der Waals surface area contributed by atoms with Crippen LogP contribution in [0.25, 0.3) is 0 Å². The molecule has 0 aliphatic rings. The number of hydrogen-bond donors (Lipinski definition) is 0. The van der Waals surface area contributed by atoms with Gasteiger partial charge < -0.3 is 9.05 Å². The molecule has 0 amide bonds. The van der Waals surface area contributed by atoms with E-state index in [-0.39, 0.29) is 0 Å². The van der Waals surface area contributed by atoms with Crippen LogP contribution in [0.4, 0.5) is 0 Å². The Bertz CT molecular complexity index is 434. The van der Waals surface area contributed by atoms with E-state index in [9.17, 15) is 4.57 Å². The fraction of sp³-hybridized carbons (Fsp3) is 0.933. The minimum Gasteiger partial charge on any atom is -0.306 e. The average molecular weight is 501 g/mol. The summed E-state index contributed by atoms with van der Waals surface area (Å²) in [7, 11) is -3.09. The molecule has 0 heterocycles. The van der Waals surface area contributed by atoms with E-state index in [1.807, 2.05) is 6.08 Å². The Morgan fingerprint density at radius 2 is 0.794 bits per heavy atom.